The topological polar surface area (TPSA) is 105 Å². The number of benzene rings is 3. The van der Waals surface area contributed by atoms with E-state index in [1.54, 1.807) is 72.8 Å². The van der Waals surface area contributed by atoms with E-state index in [0.717, 1.165) is 4.90 Å². The number of anilines is 1. The van der Waals surface area contributed by atoms with Gasteiger partial charge in [0.1, 0.15) is 11.5 Å². The van der Waals surface area contributed by atoms with Crippen LogP contribution in [0, 0.1) is 0 Å². The fourth-order valence-corrected chi connectivity index (χ4v) is 3.19. The summed E-state index contributed by atoms with van der Waals surface area (Å²) in [7, 11) is 0. The van der Waals surface area contributed by atoms with Crippen molar-refractivity contribution >= 4 is 40.2 Å². The average Bonchev–Trinajstić information content (AvgIpc) is 2.82. The van der Waals surface area contributed by atoms with Crippen LogP contribution in [0.3, 0.4) is 0 Å². The molecule has 3 aromatic carbocycles. The predicted octanol–water partition coefficient (Wildman–Crippen LogP) is 0.241. The number of amides is 1. The van der Waals surface area contributed by atoms with Gasteiger partial charge in [0.15, 0.2) is 6.61 Å². The number of nitrogens with zero attached hydrogens (tertiary/aromatic N) is 3. The summed E-state index contributed by atoms with van der Waals surface area (Å²) in [4.78, 5) is 33.4. The molecule has 0 radical (unpaired) electrons. The zero-order valence-electron chi connectivity index (χ0n) is 18.2. The molecule has 0 spiro atoms. The van der Waals surface area contributed by atoms with Crippen LogP contribution < -0.4 is 49.0 Å². The molecule has 0 aliphatic rings. The van der Waals surface area contributed by atoms with E-state index >= 15 is 0 Å². The van der Waals surface area contributed by atoms with Gasteiger partial charge < -0.3 is 24.3 Å². The van der Waals surface area contributed by atoms with Gasteiger partial charge in [0, 0.05) is 10.7 Å². The predicted molar refractivity (Wildman–Crippen MR) is 120 cm³/mol. The third kappa shape index (κ3) is 6.68. The Labute approximate surface area is 222 Å². The molecule has 0 saturated carbocycles. The Morgan fingerprint density at radius 1 is 0.941 bits per heavy atom. The fraction of sp³-hybridized carbons (Fsp3) is 0.0833. The molecule has 0 saturated heterocycles. The second kappa shape index (κ2) is 11.8. The molecule has 0 fully saturated rings. The minimum atomic E-state index is -1.37. The van der Waals surface area contributed by atoms with Gasteiger partial charge in [0.05, 0.1) is 29.7 Å². The van der Waals surface area contributed by atoms with Crippen LogP contribution in [0.5, 0.6) is 17.4 Å². The summed E-state index contributed by atoms with van der Waals surface area (Å²) in [5, 5.41) is 11.6. The number of aromatic nitrogens is 2. The van der Waals surface area contributed by atoms with Crippen LogP contribution in [0.2, 0.25) is 5.02 Å². The van der Waals surface area contributed by atoms with E-state index in [1.807, 2.05) is 0 Å². The van der Waals surface area contributed by atoms with E-state index in [4.69, 9.17) is 21.1 Å². The molecule has 1 aromatic heterocycles. The van der Waals surface area contributed by atoms with Crippen molar-refractivity contribution in [1.82, 2.24) is 9.97 Å². The standard InChI is InChI=1S/C24H18ClN3O5.Na/c25-16-6-11-20-21(12-16)26-13-22(27-20)33-19-9-7-18(8-10-19)32-15-23(29)28(14-24(30)31)17-4-2-1-3-5-17;/h1-13H,14-15H2,(H,30,31);/q;+1/p-1. The molecule has 10 heteroatoms. The van der Waals surface area contributed by atoms with E-state index in [0.29, 0.717) is 39.1 Å². The Balaban J connectivity index is 0.00000324. The van der Waals surface area contributed by atoms with Gasteiger partial charge in [-0.2, -0.15) is 0 Å². The van der Waals surface area contributed by atoms with Crippen LogP contribution >= 0.6 is 11.6 Å². The average molecular weight is 486 g/mol. The van der Waals surface area contributed by atoms with E-state index in [9.17, 15) is 14.7 Å². The number of carbonyl (C=O) groups is 2. The molecular weight excluding hydrogens is 469 g/mol. The van der Waals surface area contributed by atoms with Gasteiger partial charge in [0.2, 0.25) is 5.88 Å². The number of ether oxygens (including phenoxy) is 2. The van der Waals surface area contributed by atoms with Gasteiger partial charge in [-0.3, -0.25) is 4.79 Å². The van der Waals surface area contributed by atoms with Crippen molar-refractivity contribution in [3.05, 3.63) is 84.0 Å². The molecule has 0 aliphatic carbocycles. The van der Waals surface area contributed by atoms with Crippen LogP contribution in [-0.2, 0) is 9.59 Å². The Bertz CT molecular complexity index is 1290. The van der Waals surface area contributed by atoms with Crippen LogP contribution in [0.1, 0.15) is 0 Å². The number of rotatable bonds is 8. The first-order valence-electron chi connectivity index (χ1n) is 9.86. The summed E-state index contributed by atoms with van der Waals surface area (Å²) in [5.74, 6) is -0.657. The molecule has 4 aromatic rings. The molecule has 8 nitrogen and oxygen atoms in total. The van der Waals surface area contributed by atoms with Crippen LogP contribution in [0.4, 0.5) is 5.69 Å². The molecule has 1 heterocycles. The summed E-state index contributed by atoms with van der Waals surface area (Å²) in [5.41, 5.74) is 1.75. The molecule has 4 rings (SSSR count). The van der Waals surface area contributed by atoms with E-state index in [-0.39, 0.29) is 36.2 Å². The Kier molecular flexibility index (Phi) is 8.84. The number of carboxylic acid groups (broad SMARTS) is 1. The number of hydrogen-bond acceptors (Lipinski definition) is 7. The van der Waals surface area contributed by atoms with Gasteiger partial charge in [0.25, 0.3) is 5.91 Å². The monoisotopic (exact) mass is 485 g/mol. The maximum Gasteiger partial charge on any atom is 1.00 e. The number of halogens is 1. The van der Waals surface area contributed by atoms with Crippen molar-refractivity contribution in [3.8, 4) is 17.4 Å². The number of fused-ring (bicyclic) bond motifs is 1. The Hall–Kier alpha value is -3.17. The van der Waals surface area contributed by atoms with Crippen molar-refractivity contribution in [2.45, 2.75) is 0 Å². The molecule has 1 amide bonds. The van der Waals surface area contributed by atoms with Crippen molar-refractivity contribution < 1.29 is 53.7 Å². The van der Waals surface area contributed by atoms with Gasteiger partial charge >= 0.3 is 29.6 Å². The van der Waals surface area contributed by atoms with Crippen molar-refractivity contribution in [1.29, 1.82) is 0 Å². The molecular formula is C24H17ClN3NaO5. The zero-order valence-corrected chi connectivity index (χ0v) is 20.9. The van der Waals surface area contributed by atoms with E-state index < -0.39 is 18.4 Å². The zero-order chi connectivity index (χ0) is 23.2. The number of para-hydroxylation sites is 1. The largest absolute Gasteiger partial charge is 1.00 e. The fourth-order valence-electron chi connectivity index (χ4n) is 3.02. The van der Waals surface area contributed by atoms with Gasteiger partial charge in [-0.15, -0.1) is 0 Å². The normalized spacial score (nSPS) is 10.3. The van der Waals surface area contributed by atoms with Gasteiger partial charge in [-0.25, -0.2) is 9.97 Å². The summed E-state index contributed by atoms with van der Waals surface area (Å²) in [6, 6.07) is 20.2. The van der Waals surface area contributed by atoms with Crippen LogP contribution in [0.15, 0.2) is 79.0 Å². The second-order valence-corrected chi connectivity index (χ2v) is 7.33. The minimum Gasteiger partial charge on any atom is -0.548 e. The Morgan fingerprint density at radius 3 is 2.35 bits per heavy atom. The first-order valence-corrected chi connectivity index (χ1v) is 10.2. The second-order valence-electron chi connectivity index (χ2n) is 6.89. The quantitative estimate of drug-likeness (QED) is 0.329. The molecule has 166 valence electrons. The van der Waals surface area contributed by atoms with Crippen molar-refractivity contribution in [2.75, 3.05) is 18.1 Å². The van der Waals surface area contributed by atoms with E-state index in [2.05, 4.69) is 9.97 Å². The molecule has 0 aliphatic heterocycles. The van der Waals surface area contributed by atoms with E-state index in [1.165, 1.54) is 6.20 Å². The third-order valence-electron chi connectivity index (χ3n) is 4.55. The smallest absolute Gasteiger partial charge is 0.548 e. The van der Waals surface area contributed by atoms with Gasteiger partial charge in [-0.05, 0) is 54.6 Å². The van der Waals surface area contributed by atoms with Crippen molar-refractivity contribution in [2.24, 2.45) is 0 Å². The molecule has 34 heavy (non-hydrogen) atoms. The first kappa shape index (κ1) is 25.5. The summed E-state index contributed by atoms with van der Waals surface area (Å²) >= 11 is 5.96. The SMILES string of the molecule is O=C([O-])CN(C(=O)COc1ccc(Oc2cnc3cc(Cl)ccc3n2)cc1)c1ccccc1.[Na+]. The maximum atomic E-state index is 12.6. The molecule has 0 bridgehead atoms. The summed E-state index contributed by atoms with van der Waals surface area (Å²) in [6.45, 7) is -0.918. The number of aliphatic carboxylic acids is 1. The van der Waals surface area contributed by atoms with Crippen molar-refractivity contribution in [3.63, 3.8) is 0 Å². The van der Waals surface area contributed by atoms with Crippen LogP contribution in [0.25, 0.3) is 11.0 Å². The number of carbonyl (C=O) groups excluding carboxylic acids is 2. The molecule has 0 atom stereocenters. The van der Waals surface area contributed by atoms with Gasteiger partial charge in [-0.1, -0.05) is 29.8 Å². The maximum absolute atomic E-state index is 12.6. The number of hydrogen-bond donors (Lipinski definition) is 0. The Morgan fingerprint density at radius 2 is 1.65 bits per heavy atom. The summed E-state index contributed by atoms with van der Waals surface area (Å²) in [6.07, 6.45) is 1.50. The summed E-state index contributed by atoms with van der Waals surface area (Å²) < 4.78 is 11.3. The molecule has 0 unspecified atom stereocenters. The van der Waals surface area contributed by atoms with Crippen LogP contribution in [-0.4, -0.2) is 35.0 Å². The molecule has 0 N–H and O–H groups in total. The third-order valence-corrected chi connectivity index (χ3v) is 4.78. The minimum absolute atomic E-state index is 0. The first-order chi connectivity index (χ1) is 16.0. The number of carboxylic acids is 1.